The molecule has 0 aliphatic rings. The predicted molar refractivity (Wildman–Crippen MR) is 81.2 cm³/mol. The molecule has 0 atom stereocenters. The van der Waals surface area contributed by atoms with Crippen molar-refractivity contribution in [2.75, 3.05) is 0 Å². The van der Waals surface area contributed by atoms with E-state index in [0.29, 0.717) is 0 Å². The number of hydrogen-bond donors (Lipinski definition) is 0. The largest absolute Gasteiger partial charge is 0.0880 e. The van der Waals surface area contributed by atoms with Gasteiger partial charge in [-0.15, -0.1) is 0 Å². The molecule has 86 valence electrons. The Balaban J connectivity index is 2.34. The van der Waals surface area contributed by atoms with Gasteiger partial charge in [0, 0.05) is 20.4 Å². The number of benzene rings is 2. The van der Waals surface area contributed by atoms with Crippen LogP contribution in [0.5, 0.6) is 0 Å². The van der Waals surface area contributed by atoms with Crippen molar-refractivity contribution in [2.45, 2.75) is 6.42 Å². The van der Waals surface area contributed by atoms with Crippen molar-refractivity contribution >= 4 is 45.1 Å². The van der Waals surface area contributed by atoms with Gasteiger partial charge in [-0.3, -0.25) is 0 Å². The molecule has 0 bridgehead atoms. The SMILES string of the molecule is S=Cc1cc(Cl)c(Cc2ccccc2)cc1Br. The second kappa shape index (κ2) is 5.76. The quantitative estimate of drug-likeness (QED) is 0.712. The van der Waals surface area contributed by atoms with Crippen LogP contribution >= 0.6 is 39.7 Å². The van der Waals surface area contributed by atoms with Crippen LogP contribution in [-0.2, 0) is 6.42 Å². The molecule has 0 aromatic heterocycles. The van der Waals surface area contributed by atoms with E-state index in [1.54, 1.807) is 5.37 Å². The van der Waals surface area contributed by atoms with E-state index < -0.39 is 0 Å². The van der Waals surface area contributed by atoms with Crippen LogP contribution in [0.4, 0.5) is 0 Å². The third kappa shape index (κ3) is 3.15. The lowest BCUT2D eigenvalue weighted by Gasteiger charge is -2.07. The molecule has 3 heteroatoms. The zero-order chi connectivity index (χ0) is 12.3. The summed E-state index contributed by atoms with van der Waals surface area (Å²) in [5.74, 6) is 0. The number of rotatable bonds is 3. The van der Waals surface area contributed by atoms with Crippen LogP contribution in [0.25, 0.3) is 0 Å². The molecular weight excluding hydrogens is 316 g/mol. The third-order valence-electron chi connectivity index (χ3n) is 2.53. The zero-order valence-corrected chi connectivity index (χ0v) is 12.1. The summed E-state index contributed by atoms with van der Waals surface area (Å²) < 4.78 is 0.989. The molecule has 0 fully saturated rings. The smallest absolute Gasteiger partial charge is 0.0448 e. The highest BCUT2D eigenvalue weighted by Crippen LogP contribution is 2.26. The molecule has 2 rings (SSSR count). The van der Waals surface area contributed by atoms with Crippen LogP contribution in [0.1, 0.15) is 16.7 Å². The molecule has 2 aromatic rings. The standard InChI is InChI=1S/C14H10BrClS/c15-13-7-11(14(16)8-12(13)9-17)6-10-4-2-1-3-5-10/h1-5,7-9H,6H2. The Morgan fingerprint density at radius 3 is 2.53 bits per heavy atom. The monoisotopic (exact) mass is 324 g/mol. The molecule has 17 heavy (non-hydrogen) atoms. The van der Waals surface area contributed by atoms with E-state index in [4.69, 9.17) is 23.8 Å². The molecule has 2 aromatic carbocycles. The summed E-state index contributed by atoms with van der Waals surface area (Å²) in [6.07, 6.45) is 0.829. The van der Waals surface area contributed by atoms with Crippen LogP contribution in [0.3, 0.4) is 0 Å². The Kier molecular flexibility index (Phi) is 4.32. The Morgan fingerprint density at radius 2 is 1.88 bits per heavy atom. The molecule has 0 N–H and O–H groups in total. The maximum Gasteiger partial charge on any atom is 0.0448 e. The van der Waals surface area contributed by atoms with E-state index in [9.17, 15) is 0 Å². The van der Waals surface area contributed by atoms with Gasteiger partial charge in [0.15, 0.2) is 0 Å². The van der Waals surface area contributed by atoms with Crippen LogP contribution in [-0.4, -0.2) is 5.37 Å². The van der Waals surface area contributed by atoms with E-state index in [0.717, 1.165) is 27.0 Å². The fourth-order valence-electron chi connectivity index (χ4n) is 1.64. The Bertz CT molecular complexity index is 537. The molecule has 0 amide bonds. The van der Waals surface area contributed by atoms with Gasteiger partial charge in [-0.25, -0.2) is 0 Å². The number of hydrogen-bond acceptors (Lipinski definition) is 1. The van der Waals surface area contributed by atoms with Crippen molar-refractivity contribution in [1.82, 2.24) is 0 Å². The van der Waals surface area contributed by atoms with Gasteiger partial charge in [-0.2, -0.15) is 0 Å². The van der Waals surface area contributed by atoms with Crippen molar-refractivity contribution in [1.29, 1.82) is 0 Å². The summed E-state index contributed by atoms with van der Waals surface area (Å²) >= 11 is 14.7. The van der Waals surface area contributed by atoms with E-state index in [1.165, 1.54) is 5.56 Å². The van der Waals surface area contributed by atoms with Crippen LogP contribution < -0.4 is 0 Å². The normalized spacial score (nSPS) is 10.2. The fourth-order valence-corrected chi connectivity index (χ4v) is 2.74. The van der Waals surface area contributed by atoms with Crippen LogP contribution in [0.15, 0.2) is 46.9 Å². The molecule has 0 spiro atoms. The van der Waals surface area contributed by atoms with Gasteiger partial charge in [0.1, 0.15) is 0 Å². The minimum atomic E-state index is 0.758. The van der Waals surface area contributed by atoms with E-state index in [1.807, 2.05) is 30.3 Å². The fraction of sp³-hybridized carbons (Fsp3) is 0.0714. The summed E-state index contributed by atoms with van der Waals surface area (Å²) in [5, 5.41) is 2.38. The van der Waals surface area contributed by atoms with Gasteiger partial charge < -0.3 is 0 Å². The molecule has 0 unspecified atom stereocenters. The number of thiocarbonyl (C=S) groups is 1. The second-order valence-corrected chi connectivity index (χ2v) is 5.24. The highest BCUT2D eigenvalue weighted by atomic mass is 79.9. The van der Waals surface area contributed by atoms with Gasteiger partial charge >= 0.3 is 0 Å². The van der Waals surface area contributed by atoms with E-state index in [2.05, 4.69) is 28.1 Å². The van der Waals surface area contributed by atoms with Gasteiger partial charge in [0.05, 0.1) is 0 Å². The first-order chi connectivity index (χ1) is 8.20. The average Bonchev–Trinajstić information content (AvgIpc) is 2.34. The number of halogens is 2. The highest BCUT2D eigenvalue weighted by Gasteiger charge is 2.06. The first kappa shape index (κ1) is 12.7. The summed E-state index contributed by atoms with van der Waals surface area (Å²) in [7, 11) is 0. The lowest BCUT2D eigenvalue weighted by atomic mass is 10.0. The second-order valence-electron chi connectivity index (χ2n) is 3.75. The van der Waals surface area contributed by atoms with Gasteiger partial charge in [0.25, 0.3) is 0 Å². The van der Waals surface area contributed by atoms with Crippen molar-refractivity contribution in [3.05, 3.63) is 68.7 Å². The molecule has 0 saturated heterocycles. The molecule has 0 radical (unpaired) electrons. The van der Waals surface area contributed by atoms with E-state index in [-0.39, 0.29) is 0 Å². The highest BCUT2D eigenvalue weighted by molar-refractivity contribution is 9.10. The summed E-state index contributed by atoms with van der Waals surface area (Å²) in [5.41, 5.74) is 3.29. The lowest BCUT2D eigenvalue weighted by Crippen LogP contribution is -1.92. The van der Waals surface area contributed by atoms with Gasteiger partial charge in [0.2, 0.25) is 0 Å². The molecule has 0 saturated carbocycles. The Hall–Kier alpha value is -0.700. The van der Waals surface area contributed by atoms with Crippen molar-refractivity contribution in [2.24, 2.45) is 0 Å². The molecule has 0 aliphatic carbocycles. The molecule has 0 aliphatic heterocycles. The average molecular weight is 326 g/mol. The minimum Gasteiger partial charge on any atom is -0.0880 e. The summed E-state index contributed by atoms with van der Waals surface area (Å²) in [6, 6.07) is 14.2. The van der Waals surface area contributed by atoms with Crippen molar-refractivity contribution in [3.8, 4) is 0 Å². The first-order valence-electron chi connectivity index (χ1n) is 5.17. The topological polar surface area (TPSA) is 0 Å². The maximum absolute atomic E-state index is 6.24. The summed E-state index contributed by atoms with van der Waals surface area (Å²) in [4.78, 5) is 0. The van der Waals surface area contributed by atoms with Crippen molar-refractivity contribution in [3.63, 3.8) is 0 Å². The Labute approximate surface area is 120 Å². The van der Waals surface area contributed by atoms with E-state index >= 15 is 0 Å². The maximum atomic E-state index is 6.24. The predicted octanol–water partition coefficient (Wildman–Crippen LogP) is 5.04. The van der Waals surface area contributed by atoms with Crippen molar-refractivity contribution < 1.29 is 0 Å². The summed E-state index contributed by atoms with van der Waals surface area (Å²) in [6.45, 7) is 0. The van der Waals surface area contributed by atoms with Crippen LogP contribution in [0.2, 0.25) is 5.02 Å². The van der Waals surface area contributed by atoms with Gasteiger partial charge in [-0.05, 0) is 29.7 Å². The minimum absolute atomic E-state index is 0.758. The molecule has 0 heterocycles. The Morgan fingerprint density at radius 1 is 1.18 bits per heavy atom. The third-order valence-corrected chi connectivity index (χ3v) is 3.82. The lowest BCUT2D eigenvalue weighted by molar-refractivity contribution is 1.19. The van der Waals surface area contributed by atoms with Gasteiger partial charge in [-0.1, -0.05) is 70.1 Å². The molecule has 0 nitrogen and oxygen atoms in total. The van der Waals surface area contributed by atoms with Crippen LogP contribution in [0, 0.1) is 0 Å². The zero-order valence-electron chi connectivity index (χ0n) is 8.99. The first-order valence-corrected chi connectivity index (χ1v) is 6.82. The molecular formula is C14H10BrClS.